The molecule has 2 amide bonds. The molecule has 2 rings (SSSR count). The van der Waals surface area contributed by atoms with Gasteiger partial charge in [0.2, 0.25) is 0 Å². The Morgan fingerprint density at radius 2 is 1.64 bits per heavy atom. The van der Waals surface area contributed by atoms with E-state index >= 15 is 0 Å². The number of carbonyl (C=O) groups is 2. The first-order valence-corrected chi connectivity index (χ1v) is 8.81. The summed E-state index contributed by atoms with van der Waals surface area (Å²) in [5.74, 6) is 0.610. The van der Waals surface area contributed by atoms with Crippen LogP contribution in [0.4, 0.5) is 10.5 Å². The van der Waals surface area contributed by atoms with Gasteiger partial charge in [-0.15, -0.1) is 0 Å². The van der Waals surface area contributed by atoms with Gasteiger partial charge in [-0.3, -0.25) is 4.79 Å². The third kappa shape index (κ3) is 5.90. The third-order valence-electron chi connectivity index (χ3n) is 3.72. The summed E-state index contributed by atoms with van der Waals surface area (Å²) < 4.78 is 15.8. The van der Waals surface area contributed by atoms with Gasteiger partial charge < -0.3 is 24.8 Å². The maximum atomic E-state index is 13.0. The fraction of sp³-hybridized carbons (Fsp3) is 0.333. The molecular weight excluding hydrogens is 360 g/mol. The number of hydrogen-bond donors (Lipinski definition) is 2. The Kier molecular flexibility index (Phi) is 6.87. The summed E-state index contributed by atoms with van der Waals surface area (Å²) in [6.45, 7) is 5.27. The maximum absolute atomic E-state index is 13.0. The van der Waals surface area contributed by atoms with Crippen molar-refractivity contribution in [1.29, 1.82) is 0 Å². The normalized spacial score (nSPS) is 11.9. The Balaban J connectivity index is 2.26. The summed E-state index contributed by atoms with van der Waals surface area (Å²) in [5, 5.41) is 5.42. The van der Waals surface area contributed by atoms with Crippen LogP contribution in [-0.4, -0.2) is 31.8 Å². The number of hydrogen-bond acceptors (Lipinski definition) is 5. The van der Waals surface area contributed by atoms with E-state index < -0.39 is 23.6 Å². The third-order valence-corrected chi connectivity index (χ3v) is 3.72. The lowest BCUT2D eigenvalue weighted by Gasteiger charge is -2.24. The molecule has 0 aliphatic carbocycles. The van der Waals surface area contributed by atoms with Crippen LogP contribution < -0.4 is 20.1 Å². The van der Waals surface area contributed by atoms with Crippen molar-refractivity contribution >= 4 is 17.7 Å². The fourth-order valence-electron chi connectivity index (χ4n) is 2.48. The summed E-state index contributed by atoms with van der Waals surface area (Å²) in [4.78, 5) is 25.2. The second-order valence-electron chi connectivity index (χ2n) is 7.05. The van der Waals surface area contributed by atoms with Crippen molar-refractivity contribution in [3.05, 3.63) is 54.1 Å². The second kappa shape index (κ2) is 9.12. The summed E-state index contributed by atoms with van der Waals surface area (Å²) >= 11 is 0. The van der Waals surface area contributed by atoms with Crippen molar-refractivity contribution in [1.82, 2.24) is 5.32 Å². The Morgan fingerprint density at radius 1 is 0.964 bits per heavy atom. The van der Waals surface area contributed by atoms with Crippen LogP contribution in [0.3, 0.4) is 0 Å². The summed E-state index contributed by atoms with van der Waals surface area (Å²) in [6, 6.07) is 13.0. The van der Waals surface area contributed by atoms with Gasteiger partial charge in [0.05, 0.1) is 19.9 Å². The van der Waals surface area contributed by atoms with Crippen molar-refractivity contribution < 1.29 is 23.8 Å². The Labute approximate surface area is 165 Å². The van der Waals surface area contributed by atoms with Gasteiger partial charge in [0, 0.05) is 6.07 Å². The van der Waals surface area contributed by atoms with Crippen molar-refractivity contribution in [2.45, 2.75) is 32.4 Å². The highest BCUT2D eigenvalue weighted by Crippen LogP contribution is 2.30. The van der Waals surface area contributed by atoms with Crippen LogP contribution in [-0.2, 0) is 9.53 Å². The number of alkyl carbamates (subject to hydrolysis) is 1. The molecule has 0 saturated carbocycles. The molecule has 1 atom stereocenters. The molecule has 0 aromatic heterocycles. The van der Waals surface area contributed by atoms with E-state index in [1.165, 1.54) is 7.11 Å². The van der Waals surface area contributed by atoms with Gasteiger partial charge in [-0.1, -0.05) is 30.3 Å². The van der Waals surface area contributed by atoms with Crippen molar-refractivity contribution in [2.75, 3.05) is 19.5 Å². The number of carbonyl (C=O) groups excluding carboxylic acids is 2. The van der Waals surface area contributed by atoms with Gasteiger partial charge >= 0.3 is 6.09 Å². The van der Waals surface area contributed by atoms with Gasteiger partial charge in [0.1, 0.15) is 23.1 Å². The van der Waals surface area contributed by atoms with Crippen LogP contribution >= 0.6 is 0 Å². The summed E-state index contributed by atoms with van der Waals surface area (Å²) in [7, 11) is 3.04. The molecule has 0 bridgehead atoms. The molecule has 7 heteroatoms. The molecule has 2 aromatic carbocycles. The van der Waals surface area contributed by atoms with Gasteiger partial charge in [0.15, 0.2) is 0 Å². The molecule has 0 saturated heterocycles. The summed E-state index contributed by atoms with van der Waals surface area (Å²) in [6.07, 6.45) is -0.682. The SMILES string of the molecule is COc1ccc(NC(=O)C(NC(=O)OC(C)(C)C)c2ccccc2)c(OC)c1. The molecule has 28 heavy (non-hydrogen) atoms. The van der Waals surface area contributed by atoms with E-state index in [4.69, 9.17) is 14.2 Å². The molecule has 0 aliphatic heterocycles. The quantitative estimate of drug-likeness (QED) is 0.786. The first kappa shape index (κ1) is 21.1. The van der Waals surface area contributed by atoms with Crippen molar-refractivity contribution in [2.24, 2.45) is 0 Å². The largest absolute Gasteiger partial charge is 0.497 e. The fourth-order valence-corrected chi connectivity index (χ4v) is 2.48. The topological polar surface area (TPSA) is 85.9 Å². The van der Waals surface area contributed by atoms with Gasteiger partial charge in [0.25, 0.3) is 5.91 Å². The van der Waals surface area contributed by atoms with Crippen LogP contribution in [0.1, 0.15) is 32.4 Å². The smallest absolute Gasteiger partial charge is 0.408 e. The van der Waals surface area contributed by atoms with E-state index in [0.717, 1.165) is 0 Å². The molecule has 0 radical (unpaired) electrons. The lowest BCUT2D eigenvalue weighted by molar-refractivity contribution is -0.118. The molecule has 0 heterocycles. The molecule has 0 spiro atoms. The van der Waals surface area contributed by atoms with E-state index in [9.17, 15) is 9.59 Å². The lowest BCUT2D eigenvalue weighted by Crippen LogP contribution is -2.40. The maximum Gasteiger partial charge on any atom is 0.408 e. The van der Waals surface area contributed by atoms with Gasteiger partial charge in [-0.25, -0.2) is 4.79 Å². The Hall–Kier alpha value is -3.22. The zero-order valence-electron chi connectivity index (χ0n) is 16.7. The predicted molar refractivity (Wildman–Crippen MR) is 107 cm³/mol. The van der Waals surface area contributed by atoms with E-state index in [2.05, 4.69) is 10.6 Å². The van der Waals surface area contributed by atoms with E-state index in [1.807, 2.05) is 6.07 Å². The minimum absolute atomic E-state index is 0.430. The molecule has 0 aliphatic rings. The number of benzene rings is 2. The number of methoxy groups -OCH3 is 2. The number of anilines is 1. The highest BCUT2D eigenvalue weighted by Gasteiger charge is 2.26. The number of ether oxygens (including phenoxy) is 3. The molecule has 150 valence electrons. The lowest BCUT2D eigenvalue weighted by atomic mass is 10.1. The Morgan fingerprint density at radius 3 is 2.21 bits per heavy atom. The van der Waals surface area contributed by atoms with Gasteiger partial charge in [-0.05, 0) is 38.5 Å². The van der Waals surface area contributed by atoms with Crippen LogP contribution in [0, 0.1) is 0 Å². The zero-order chi connectivity index (χ0) is 20.7. The summed E-state index contributed by atoms with van der Waals surface area (Å²) in [5.41, 5.74) is 0.402. The first-order valence-electron chi connectivity index (χ1n) is 8.81. The van der Waals surface area contributed by atoms with Crippen LogP contribution in [0.2, 0.25) is 0 Å². The molecule has 0 fully saturated rings. The minimum Gasteiger partial charge on any atom is -0.497 e. The second-order valence-corrected chi connectivity index (χ2v) is 7.05. The zero-order valence-corrected chi connectivity index (χ0v) is 16.7. The highest BCUT2D eigenvalue weighted by molar-refractivity contribution is 5.98. The molecule has 7 nitrogen and oxygen atoms in total. The first-order chi connectivity index (χ1) is 13.2. The minimum atomic E-state index is -0.942. The number of amides is 2. The molecule has 1 unspecified atom stereocenters. The Bertz CT molecular complexity index is 815. The number of rotatable bonds is 6. The van der Waals surface area contributed by atoms with Gasteiger partial charge in [-0.2, -0.15) is 0 Å². The van der Waals surface area contributed by atoms with Crippen molar-refractivity contribution in [3.8, 4) is 11.5 Å². The molecule has 2 aromatic rings. The van der Waals surface area contributed by atoms with Crippen molar-refractivity contribution in [3.63, 3.8) is 0 Å². The van der Waals surface area contributed by atoms with E-state index in [0.29, 0.717) is 22.7 Å². The average Bonchev–Trinajstić information content (AvgIpc) is 2.65. The average molecular weight is 386 g/mol. The molecular formula is C21H26N2O5. The van der Waals surface area contributed by atoms with E-state index in [-0.39, 0.29) is 0 Å². The highest BCUT2D eigenvalue weighted by atomic mass is 16.6. The van der Waals surface area contributed by atoms with Crippen LogP contribution in [0.25, 0.3) is 0 Å². The van der Waals surface area contributed by atoms with E-state index in [1.54, 1.807) is 70.3 Å². The predicted octanol–water partition coefficient (Wildman–Crippen LogP) is 3.91. The molecule has 2 N–H and O–H groups in total. The standard InChI is InChI=1S/C21H26N2O5/c1-21(2,3)28-20(25)23-18(14-9-7-6-8-10-14)19(24)22-16-12-11-15(26-4)13-17(16)27-5/h6-13,18H,1-5H3,(H,22,24)(H,23,25). The van der Waals surface area contributed by atoms with Crippen LogP contribution in [0.15, 0.2) is 48.5 Å². The monoisotopic (exact) mass is 386 g/mol. The number of nitrogens with one attached hydrogen (secondary N) is 2. The van der Waals surface area contributed by atoms with Crippen LogP contribution in [0.5, 0.6) is 11.5 Å².